The van der Waals surface area contributed by atoms with Crippen molar-refractivity contribution in [3.8, 4) is 0 Å². The highest BCUT2D eigenvalue weighted by Gasteiger charge is 2.60. The summed E-state index contributed by atoms with van der Waals surface area (Å²) in [5, 5.41) is 18.0. The normalized spacial score (nSPS) is 24.1. The average Bonchev–Trinajstić information content (AvgIpc) is 2.94. The third-order valence-electron chi connectivity index (χ3n) is 5.84. The lowest BCUT2D eigenvalue weighted by Crippen LogP contribution is -2.44. The zero-order valence-corrected chi connectivity index (χ0v) is 16.7. The molecular weight excluding hydrogens is 364 g/mol. The Bertz CT molecular complexity index is 926. The summed E-state index contributed by atoms with van der Waals surface area (Å²) in [6.45, 7) is 4.87. The van der Waals surface area contributed by atoms with Crippen molar-refractivity contribution in [1.82, 2.24) is 20.0 Å². The zero-order chi connectivity index (χ0) is 19.5. The minimum atomic E-state index is -0.897. The molecule has 7 nitrogen and oxygen atoms in total. The van der Waals surface area contributed by atoms with Gasteiger partial charge < -0.3 is 15.3 Å². The Kier molecular flexibility index (Phi) is 4.14. The number of likely N-dealkylation sites (tertiary alicyclic amines) is 1. The fraction of sp³-hybridized carbons (Fsp3) is 0.526. The molecule has 8 heteroatoms. The molecular formula is C19H24N4O3S. The van der Waals surface area contributed by atoms with Crippen molar-refractivity contribution < 1.29 is 14.7 Å². The predicted molar refractivity (Wildman–Crippen MR) is 104 cm³/mol. The Labute approximate surface area is 162 Å². The summed E-state index contributed by atoms with van der Waals surface area (Å²) >= 11 is 1.68. The molecule has 3 atom stereocenters. The largest absolute Gasteiger partial charge is 0.465 e. The van der Waals surface area contributed by atoms with Gasteiger partial charge in [0.25, 0.3) is 0 Å². The van der Waals surface area contributed by atoms with E-state index in [9.17, 15) is 9.59 Å². The van der Waals surface area contributed by atoms with Gasteiger partial charge in [-0.25, -0.2) is 4.79 Å². The van der Waals surface area contributed by atoms with Crippen LogP contribution in [0.3, 0.4) is 0 Å². The highest BCUT2D eigenvalue weighted by Crippen LogP contribution is 2.52. The predicted octanol–water partition coefficient (Wildman–Crippen LogP) is 2.50. The topological polar surface area (TPSA) is 87.5 Å². The summed E-state index contributed by atoms with van der Waals surface area (Å²) < 4.78 is 1.88. The zero-order valence-electron chi connectivity index (χ0n) is 15.9. The number of carboxylic acid groups (broad SMARTS) is 1. The molecule has 2 N–H and O–H groups in total. The number of aromatic nitrogens is 2. The van der Waals surface area contributed by atoms with Crippen LogP contribution in [-0.2, 0) is 17.4 Å². The van der Waals surface area contributed by atoms with E-state index < -0.39 is 11.6 Å². The van der Waals surface area contributed by atoms with Crippen molar-refractivity contribution >= 4 is 34.7 Å². The van der Waals surface area contributed by atoms with Crippen LogP contribution in [0.25, 0.3) is 10.9 Å². The molecule has 144 valence electrons. The van der Waals surface area contributed by atoms with Gasteiger partial charge in [-0.15, -0.1) is 11.8 Å². The first-order chi connectivity index (χ1) is 12.7. The molecule has 0 spiro atoms. The Balaban J connectivity index is 1.54. The van der Waals surface area contributed by atoms with E-state index in [1.165, 1.54) is 4.90 Å². The van der Waals surface area contributed by atoms with Crippen LogP contribution in [0.1, 0.15) is 19.5 Å². The van der Waals surface area contributed by atoms with E-state index in [-0.39, 0.29) is 23.7 Å². The van der Waals surface area contributed by atoms with Gasteiger partial charge in [0, 0.05) is 36.3 Å². The van der Waals surface area contributed by atoms with Gasteiger partial charge >= 0.3 is 6.09 Å². The first-order valence-electron chi connectivity index (χ1n) is 9.04. The van der Waals surface area contributed by atoms with Crippen molar-refractivity contribution in [1.29, 1.82) is 0 Å². The van der Waals surface area contributed by atoms with Gasteiger partial charge in [-0.2, -0.15) is 5.10 Å². The summed E-state index contributed by atoms with van der Waals surface area (Å²) in [5.41, 5.74) is 1.31. The van der Waals surface area contributed by atoms with Crippen LogP contribution in [-0.4, -0.2) is 51.1 Å². The van der Waals surface area contributed by atoms with Crippen molar-refractivity contribution in [2.45, 2.75) is 24.3 Å². The number of fused-ring (bicyclic) bond motifs is 2. The lowest BCUT2D eigenvalue weighted by Gasteiger charge is -2.26. The number of nitrogens with zero attached hydrogens (tertiary/aromatic N) is 3. The lowest BCUT2D eigenvalue weighted by molar-refractivity contribution is -0.125. The van der Waals surface area contributed by atoms with Gasteiger partial charge in [0.05, 0.1) is 16.7 Å². The van der Waals surface area contributed by atoms with Gasteiger partial charge in [0.15, 0.2) is 0 Å². The molecule has 2 amide bonds. The fourth-order valence-corrected chi connectivity index (χ4v) is 5.10. The summed E-state index contributed by atoms with van der Waals surface area (Å²) in [6, 6.07) is 6.13. The molecule has 2 aromatic rings. The van der Waals surface area contributed by atoms with Gasteiger partial charge in [0.1, 0.15) is 0 Å². The molecule has 1 aliphatic heterocycles. The van der Waals surface area contributed by atoms with E-state index in [0.29, 0.717) is 13.1 Å². The summed E-state index contributed by atoms with van der Waals surface area (Å²) in [7, 11) is 1.93. The smallest absolute Gasteiger partial charge is 0.407 e. The highest BCUT2D eigenvalue weighted by atomic mass is 32.2. The molecule has 2 fully saturated rings. The second kappa shape index (κ2) is 6.15. The van der Waals surface area contributed by atoms with Crippen LogP contribution in [0.15, 0.2) is 23.1 Å². The second-order valence-electron chi connectivity index (χ2n) is 7.98. The van der Waals surface area contributed by atoms with Crippen molar-refractivity contribution in [2.75, 3.05) is 19.3 Å². The molecule has 0 bridgehead atoms. The second-order valence-corrected chi connectivity index (χ2v) is 8.83. The van der Waals surface area contributed by atoms with E-state index in [2.05, 4.69) is 11.4 Å². The number of carbonyl (C=O) groups excluding carboxylic acids is 1. The third-order valence-corrected chi connectivity index (χ3v) is 6.61. The lowest BCUT2D eigenvalue weighted by atomic mass is 9.96. The number of piperidine rings is 1. The number of aryl methyl sites for hydroxylation is 1. The van der Waals surface area contributed by atoms with Gasteiger partial charge in [-0.3, -0.25) is 9.48 Å². The summed E-state index contributed by atoms with van der Waals surface area (Å²) in [6.07, 6.45) is 1.15. The molecule has 27 heavy (non-hydrogen) atoms. The Morgan fingerprint density at radius 3 is 2.56 bits per heavy atom. The first-order valence-corrected chi connectivity index (χ1v) is 10.3. The molecule has 0 radical (unpaired) electrons. The van der Waals surface area contributed by atoms with Gasteiger partial charge in [-0.05, 0) is 38.0 Å². The number of benzene rings is 1. The molecule has 1 saturated carbocycles. The van der Waals surface area contributed by atoms with Crippen molar-refractivity contribution in [3.05, 3.63) is 23.9 Å². The molecule has 0 unspecified atom stereocenters. The minimum Gasteiger partial charge on any atom is -0.465 e. The Hall–Kier alpha value is -2.22. The van der Waals surface area contributed by atoms with Gasteiger partial charge in [0.2, 0.25) is 5.91 Å². The fourth-order valence-electron chi connectivity index (χ4n) is 4.45. The van der Waals surface area contributed by atoms with Crippen molar-refractivity contribution in [3.63, 3.8) is 0 Å². The number of carbonyl (C=O) groups is 2. The molecule has 1 aromatic carbocycles. The van der Waals surface area contributed by atoms with Crippen LogP contribution in [0, 0.1) is 17.8 Å². The van der Waals surface area contributed by atoms with E-state index in [4.69, 9.17) is 10.2 Å². The van der Waals surface area contributed by atoms with E-state index in [1.54, 1.807) is 11.8 Å². The van der Waals surface area contributed by atoms with Crippen LogP contribution >= 0.6 is 11.8 Å². The van der Waals surface area contributed by atoms with Crippen LogP contribution in [0.2, 0.25) is 0 Å². The average molecular weight is 388 g/mol. The quantitative estimate of drug-likeness (QED) is 0.786. The summed E-state index contributed by atoms with van der Waals surface area (Å²) in [4.78, 5) is 26.4. The molecule has 2 aliphatic rings. The molecule has 1 saturated heterocycles. The standard InChI is InChI=1S/C19H24N4O3S/c1-19(2,16-10-6-5-7-13(27-4)15(10)22(3)21-16)20-17(24)14-11-8-23(18(25)26)9-12(11)14/h5-7,11-12,14H,8-9H2,1-4H3,(H,20,24)(H,25,26)/t11-,12+,14-. The monoisotopic (exact) mass is 388 g/mol. The third kappa shape index (κ3) is 2.86. The maximum absolute atomic E-state index is 12.8. The highest BCUT2D eigenvalue weighted by molar-refractivity contribution is 7.98. The number of amides is 2. The molecule has 1 aromatic heterocycles. The maximum atomic E-state index is 12.8. The van der Waals surface area contributed by atoms with Gasteiger partial charge in [-0.1, -0.05) is 12.1 Å². The maximum Gasteiger partial charge on any atom is 0.407 e. The van der Waals surface area contributed by atoms with E-state index in [0.717, 1.165) is 21.5 Å². The summed E-state index contributed by atoms with van der Waals surface area (Å²) in [5.74, 6) is 0.220. The van der Waals surface area contributed by atoms with Crippen LogP contribution < -0.4 is 5.32 Å². The number of hydrogen-bond acceptors (Lipinski definition) is 4. The molecule has 4 rings (SSSR count). The van der Waals surface area contributed by atoms with Crippen LogP contribution in [0.5, 0.6) is 0 Å². The number of thioether (sulfide) groups is 1. The van der Waals surface area contributed by atoms with E-state index in [1.807, 2.05) is 44.0 Å². The number of nitrogens with one attached hydrogen (secondary N) is 1. The molecule has 2 heterocycles. The van der Waals surface area contributed by atoms with E-state index >= 15 is 0 Å². The Morgan fingerprint density at radius 2 is 1.96 bits per heavy atom. The minimum absolute atomic E-state index is 0.000127. The molecule has 1 aliphatic carbocycles. The Morgan fingerprint density at radius 1 is 1.30 bits per heavy atom. The van der Waals surface area contributed by atoms with Crippen molar-refractivity contribution in [2.24, 2.45) is 24.8 Å². The van der Waals surface area contributed by atoms with Crippen LogP contribution in [0.4, 0.5) is 4.79 Å². The number of hydrogen-bond donors (Lipinski definition) is 2. The number of para-hydroxylation sites is 1. The SMILES string of the molecule is CSc1cccc2c(C(C)(C)NC(=O)[C@@H]3[C@@H]4CN(C(=O)O)C[C@@H]43)nn(C)c12. The first kappa shape index (κ1) is 18.2. The number of rotatable bonds is 4.